The lowest BCUT2D eigenvalue weighted by molar-refractivity contribution is -0.140. The fourth-order valence-corrected chi connectivity index (χ4v) is 5.47. The van der Waals surface area contributed by atoms with Crippen molar-refractivity contribution in [2.75, 3.05) is 11.4 Å². The molecule has 0 unspecified atom stereocenters. The van der Waals surface area contributed by atoms with Crippen LogP contribution >= 0.6 is 0 Å². The number of aromatic nitrogens is 5. The van der Waals surface area contributed by atoms with E-state index in [4.69, 9.17) is 11.5 Å². The molecule has 43 heavy (non-hydrogen) atoms. The molecule has 0 aliphatic heterocycles. The van der Waals surface area contributed by atoms with Crippen LogP contribution in [0.5, 0.6) is 0 Å². The quantitative estimate of drug-likeness (QED) is 0.276. The maximum absolute atomic E-state index is 13.9. The van der Waals surface area contributed by atoms with E-state index in [2.05, 4.69) is 25.6 Å². The molecule has 0 radical (unpaired) electrons. The number of aromatic amines is 1. The molecular weight excluding hydrogens is 561 g/mol. The monoisotopic (exact) mass is 592 g/mol. The number of nitrogens with one attached hydrogen (secondary N) is 1. The number of carbonyl (C=O) groups excluding carboxylic acids is 2. The molecular formula is C30H31F3N8O2. The number of carbonyl (C=O) groups is 2. The Morgan fingerprint density at radius 3 is 2.40 bits per heavy atom. The number of rotatable bonds is 8. The smallest absolute Gasteiger partial charge is 0.330 e. The molecule has 1 atom stereocenters. The minimum absolute atomic E-state index is 0.00107. The maximum atomic E-state index is 13.9. The molecule has 1 aliphatic rings. The lowest BCUT2D eigenvalue weighted by Gasteiger charge is -2.32. The zero-order valence-electron chi connectivity index (χ0n) is 23.2. The summed E-state index contributed by atoms with van der Waals surface area (Å²) in [6, 6.07) is 14.6. The van der Waals surface area contributed by atoms with Crippen molar-refractivity contribution in [2.24, 2.45) is 23.3 Å². The summed E-state index contributed by atoms with van der Waals surface area (Å²) in [6.07, 6.45) is -0.753. The summed E-state index contributed by atoms with van der Waals surface area (Å²) < 4.78 is 40.8. The van der Waals surface area contributed by atoms with Crippen LogP contribution in [0.2, 0.25) is 0 Å². The van der Waals surface area contributed by atoms with Gasteiger partial charge in [-0.3, -0.25) is 14.6 Å². The molecule has 1 fully saturated rings. The van der Waals surface area contributed by atoms with Crippen LogP contribution < -0.4 is 16.4 Å². The van der Waals surface area contributed by atoms with Crippen molar-refractivity contribution in [1.82, 2.24) is 25.6 Å². The van der Waals surface area contributed by atoms with Gasteiger partial charge in [0.1, 0.15) is 0 Å². The van der Waals surface area contributed by atoms with Crippen molar-refractivity contribution < 1.29 is 22.8 Å². The van der Waals surface area contributed by atoms with Gasteiger partial charge in [-0.25, -0.2) is 4.90 Å². The Balaban J connectivity index is 1.41. The Morgan fingerprint density at radius 2 is 1.74 bits per heavy atom. The van der Waals surface area contributed by atoms with Gasteiger partial charge in [0.05, 0.1) is 11.7 Å². The summed E-state index contributed by atoms with van der Waals surface area (Å²) in [5.41, 5.74) is 13.0. The minimum atomic E-state index is -4.64. The van der Waals surface area contributed by atoms with Crippen LogP contribution in [-0.4, -0.2) is 50.0 Å². The molecule has 5 N–H and O–H groups in total. The lowest BCUT2D eigenvalue weighted by atomic mass is 9.81. The van der Waals surface area contributed by atoms with E-state index in [-0.39, 0.29) is 23.8 Å². The number of hydrogen-bond donors (Lipinski definition) is 3. The average molecular weight is 593 g/mol. The van der Waals surface area contributed by atoms with Crippen molar-refractivity contribution in [1.29, 1.82) is 0 Å². The summed E-state index contributed by atoms with van der Waals surface area (Å²) in [5.74, 6) is -0.627. The van der Waals surface area contributed by atoms with Crippen molar-refractivity contribution in [2.45, 2.75) is 44.3 Å². The second-order valence-corrected chi connectivity index (χ2v) is 10.7. The number of benzene rings is 2. The molecule has 13 heteroatoms. The number of imide groups is 1. The number of H-pyrrole nitrogens is 1. The Bertz CT molecular complexity index is 1550. The predicted octanol–water partition coefficient (Wildman–Crippen LogP) is 4.14. The Hall–Kier alpha value is -4.49. The summed E-state index contributed by atoms with van der Waals surface area (Å²) >= 11 is 0. The van der Waals surface area contributed by atoms with Crippen LogP contribution in [0.3, 0.4) is 0 Å². The molecule has 10 nitrogen and oxygen atoms in total. The molecule has 2 aromatic carbocycles. The number of tetrazole rings is 1. The second-order valence-electron chi connectivity index (χ2n) is 10.7. The predicted molar refractivity (Wildman–Crippen MR) is 153 cm³/mol. The molecule has 5 rings (SSSR count). The van der Waals surface area contributed by atoms with Crippen LogP contribution in [0, 0.1) is 11.8 Å². The first-order chi connectivity index (χ1) is 20.7. The normalized spacial score (nSPS) is 17.8. The third-order valence-electron chi connectivity index (χ3n) is 7.79. The Morgan fingerprint density at radius 1 is 1.00 bits per heavy atom. The van der Waals surface area contributed by atoms with Gasteiger partial charge in [-0.15, -0.1) is 10.2 Å². The summed E-state index contributed by atoms with van der Waals surface area (Å²) in [4.78, 5) is 32.4. The van der Waals surface area contributed by atoms with Crippen molar-refractivity contribution in [3.05, 3.63) is 78.1 Å². The van der Waals surface area contributed by atoms with E-state index >= 15 is 0 Å². The van der Waals surface area contributed by atoms with Gasteiger partial charge in [-0.2, -0.15) is 18.4 Å². The van der Waals surface area contributed by atoms with Crippen LogP contribution in [0.25, 0.3) is 22.5 Å². The number of amides is 2. The molecule has 1 saturated carbocycles. The van der Waals surface area contributed by atoms with Gasteiger partial charge < -0.3 is 11.5 Å². The summed E-state index contributed by atoms with van der Waals surface area (Å²) in [7, 11) is 0. The van der Waals surface area contributed by atoms with Crippen molar-refractivity contribution >= 4 is 17.5 Å². The topological polar surface area (TPSA) is 157 Å². The Kier molecular flexibility index (Phi) is 8.92. The first-order valence-corrected chi connectivity index (χ1v) is 13.9. The average Bonchev–Trinajstić information content (AvgIpc) is 3.56. The summed E-state index contributed by atoms with van der Waals surface area (Å²) in [6.45, 7) is 0.550. The molecule has 2 aromatic heterocycles. The molecule has 224 valence electrons. The molecule has 2 heterocycles. The highest BCUT2D eigenvalue weighted by Crippen LogP contribution is 2.36. The van der Waals surface area contributed by atoms with E-state index in [0.29, 0.717) is 53.5 Å². The van der Waals surface area contributed by atoms with Crippen molar-refractivity contribution in [3.63, 3.8) is 0 Å². The molecule has 2 amide bonds. The largest absolute Gasteiger partial charge is 0.433 e. The van der Waals surface area contributed by atoms with E-state index in [0.717, 1.165) is 23.9 Å². The molecule has 0 spiro atoms. The number of nitrogens with zero attached hydrogens (tertiary/aromatic N) is 5. The van der Waals surface area contributed by atoms with Gasteiger partial charge in [-0.1, -0.05) is 30.3 Å². The highest BCUT2D eigenvalue weighted by atomic mass is 19.4. The van der Waals surface area contributed by atoms with Gasteiger partial charge >= 0.3 is 6.18 Å². The molecule has 0 saturated heterocycles. The molecule has 4 aromatic rings. The SMILES string of the molecule is NCC1CCC(C(=O)N(C(=O)[C@@H](N)Cc2cccc(-c3cccnc3C(F)(F)F)c2)c2ccc(-c3nn[nH]n3)cc2)CC1. The maximum Gasteiger partial charge on any atom is 0.433 e. The third-order valence-corrected chi connectivity index (χ3v) is 7.79. The van der Waals surface area contributed by atoms with Gasteiger partial charge in [0, 0.05) is 23.2 Å². The Labute approximate surface area is 245 Å². The van der Waals surface area contributed by atoms with Gasteiger partial charge in [0.25, 0.3) is 5.91 Å². The van der Waals surface area contributed by atoms with Crippen LogP contribution in [-0.2, 0) is 22.2 Å². The van der Waals surface area contributed by atoms with Crippen LogP contribution in [0.15, 0.2) is 66.9 Å². The van der Waals surface area contributed by atoms with E-state index in [9.17, 15) is 22.8 Å². The van der Waals surface area contributed by atoms with E-state index in [1.165, 1.54) is 12.1 Å². The zero-order valence-corrected chi connectivity index (χ0v) is 23.2. The highest BCUT2D eigenvalue weighted by Gasteiger charge is 2.36. The molecule has 1 aliphatic carbocycles. The third kappa shape index (κ3) is 6.78. The number of hydrogen-bond acceptors (Lipinski definition) is 8. The van der Waals surface area contributed by atoms with Gasteiger partial charge in [0.2, 0.25) is 11.7 Å². The van der Waals surface area contributed by atoms with E-state index in [1.54, 1.807) is 48.5 Å². The first kappa shape index (κ1) is 30.0. The van der Waals surface area contributed by atoms with E-state index in [1.807, 2.05) is 0 Å². The van der Waals surface area contributed by atoms with E-state index < -0.39 is 23.8 Å². The number of halogens is 3. The second kappa shape index (κ2) is 12.8. The van der Waals surface area contributed by atoms with Crippen LogP contribution in [0.1, 0.15) is 36.9 Å². The standard InChI is InChI=1S/C30H31F3N8O2/c31-30(32,33)26-24(5-2-14-36-26)22-4-1-3-19(15-22)16-25(35)29(43)41(28(42)21-8-6-18(17-34)7-9-21)23-12-10-20(11-13-23)27-37-39-40-38-27/h1-5,10-15,18,21,25H,6-9,16-17,34-35H2,(H,37,38,39,40)/t18?,21?,25-/m0/s1. The van der Waals surface area contributed by atoms with Crippen molar-refractivity contribution in [3.8, 4) is 22.5 Å². The fraction of sp³-hybridized carbons (Fsp3) is 0.333. The lowest BCUT2D eigenvalue weighted by Crippen LogP contribution is -2.50. The highest BCUT2D eigenvalue weighted by molar-refractivity contribution is 6.17. The van der Waals surface area contributed by atoms with Gasteiger partial charge in [-0.05, 0) is 91.2 Å². The summed E-state index contributed by atoms with van der Waals surface area (Å²) in [5, 5.41) is 13.8. The zero-order chi connectivity index (χ0) is 30.6. The number of alkyl halides is 3. The number of pyridine rings is 1. The molecule has 0 bridgehead atoms. The van der Waals surface area contributed by atoms with Gasteiger partial charge in [0.15, 0.2) is 5.69 Å². The number of anilines is 1. The first-order valence-electron chi connectivity index (χ1n) is 13.9. The van der Waals surface area contributed by atoms with Crippen LogP contribution in [0.4, 0.5) is 18.9 Å². The fourth-order valence-electron chi connectivity index (χ4n) is 5.47. The minimum Gasteiger partial charge on any atom is -0.330 e. The number of nitrogens with two attached hydrogens (primary N) is 2.